The summed E-state index contributed by atoms with van der Waals surface area (Å²) in [5.74, 6) is 2.15. The molecule has 1 N–H and O–H groups in total. The van der Waals surface area contributed by atoms with E-state index in [-0.39, 0.29) is 0 Å². The maximum atomic E-state index is 12.1. The largest absolute Gasteiger partial charge is 0.493 e. The smallest absolute Gasteiger partial charge is 0.176 e. The molecule has 120 valence electrons. The van der Waals surface area contributed by atoms with Crippen LogP contribution in [0.3, 0.4) is 0 Å². The molecule has 2 aromatic carbocycles. The highest BCUT2D eigenvalue weighted by molar-refractivity contribution is 7.85. The predicted molar refractivity (Wildman–Crippen MR) is 92.2 cm³/mol. The molecule has 0 spiro atoms. The second kappa shape index (κ2) is 7.44. The van der Waals surface area contributed by atoms with Crippen molar-refractivity contribution < 1.29 is 13.4 Å². The summed E-state index contributed by atoms with van der Waals surface area (Å²) in [5, 5.41) is 4.30. The average molecular weight is 329 g/mol. The first-order chi connectivity index (χ1) is 11.3. The van der Waals surface area contributed by atoms with Crippen LogP contribution in [0.1, 0.15) is 5.76 Å². The van der Waals surface area contributed by atoms with E-state index in [0.717, 1.165) is 27.4 Å². The van der Waals surface area contributed by atoms with Gasteiger partial charge in [0.05, 0.1) is 24.5 Å². The highest BCUT2D eigenvalue weighted by atomic mass is 32.2. The van der Waals surface area contributed by atoms with Gasteiger partial charge in [0.25, 0.3) is 0 Å². The highest BCUT2D eigenvalue weighted by Gasteiger charge is 2.08. The zero-order chi connectivity index (χ0) is 16.1. The molecule has 0 radical (unpaired) electrons. The minimum atomic E-state index is -0.974. The van der Waals surface area contributed by atoms with Crippen LogP contribution in [0.25, 0.3) is 11.0 Å². The number of hydrogen-bond donors (Lipinski definition) is 1. The summed E-state index contributed by atoms with van der Waals surface area (Å²) >= 11 is 0. The van der Waals surface area contributed by atoms with E-state index in [1.807, 2.05) is 54.6 Å². The van der Waals surface area contributed by atoms with E-state index in [1.54, 1.807) is 7.11 Å². The van der Waals surface area contributed by atoms with Gasteiger partial charge in [-0.15, -0.1) is 0 Å². The molecule has 0 aliphatic carbocycles. The van der Waals surface area contributed by atoms with Gasteiger partial charge < -0.3 is 14.5 Å². The number of ether oxygens (including phenoxy) is 1. The maximum absolute atomic E-state index is 12.1. The van der Waals surface area contributed by atoms with Crippen LogP contribution in [-0.2, 0) is 17.3 Å². The predicted octanol–water partition coefficient (Wildman–Crippen LogP) is 3.34. The lowest BCUT2D eigenvalue weighted by molar-refractivity contribution is 0.406. The van der Waals surface area contributed by atoms with Gasteiger partial charge in [0.15, 0.2) is 11.3 Å². The molecule has 0 fully saturated rings. The molecular weight excluding hydrogens is 310 g/mol. The molecule has 4 nitrogen and oxygen atoms in total. The van der Waals surface area contributed by atoms with Crippen LogP contribution in [-0.4, -0.2) is 23.6 Å². The minimum Gasteiger partial charge on any atom is -0.493 e. The number of furan rings is 1. The Balaban J connectivity index is 1.54. The second-order valence-corrected chi connectivity index (χ2v) is 6.70. The first-order valence-corrected chi connectivity index (χ1v) is 8.79. The fourth-order valence-electron chi connectivity index (χ4n) is 2.40. The quantitative estimate of drug-likeness (QED) is 0.676. The summed E-state index contributed by atoms with van der Waals surface area (Å²) in [6, 6.07) is 17.3. The number of rotatable bonds is 7. The first kappa shape index (κ1) is 15.8. The molecule has 1 atom stereocenters. The van der Waals surface area contributed by atoms with E-state index < -0.39 is 10.8 Å². The van der Waals surface area contributed by atoms with E-state index in [4.69, 9.17) is 9.15 Å². The zero-order valence-corrected chi connectivity index (χ0v) is 13.8. The van der Waals surface area contributed by atoms with Gasteiger partial charge in [0.1, 0.15) is 5.76 Å². The Morgan fingerprint density at radius 1 is 1.13 bits per heavy atom. The second-order valence-electron chi connectivity index (χ2n) is 5.13. The van der Waals surface area contributed by atoms with Crippen molar-refractivity contribution in [2.24, 2.45) is 0 Å². The fourth-order valence-corrected chi connectivity index (χ4v) is 3.43. The summed E-state index contributed by atoms with van der Waals surface area (Å²) in [6.45, 7) is 1.26. The Hall–Kier alpha value is -2.11. The molecule has 1 aromatic heterocycles. The van der Waals surface area contributed by atoms with Gasteiger partial charge in [-0.1, -0.05) is 30.3 Å². The normalized spacial score (nSPS) is 12.4. The molecule has 0 aliphatic heterocycles. The van der Waals surface area contributed by atoms with Crippen molar-refractivity contribution in [3.05, 3.63) is 60.4 Å². The van der Waals surface area contributed by atoms with Crippen LogP contribution in [0.15, 0.2) is 63.9 Å². The van der Waals surface area contributed by atoms with Gasteiger partial charge in [0.2, 0.25) is 0 Å². The Morgan fingerprint density at radius 2 is 1.96 bits per heavy atom. The van der Waals surface area contributed by atoms with Crippen molar-refractivity contribution in [2.75, 3.05) is 19.4 Å². The number of nitrogens with one attached hydrogen (secondary N) is 1. The van der Waals surface area contributed by atoms with Crippen LogP contribution in [0.2, 0.25) is 0 Å². The molecule has 1 heterocycles. The molecular formula is C18H19NO3S. The minimum absolute atomic E-state index is 0.577. The third-order valence-corrected chi connectivity index (χ3v) is 4.92. The van der Waals surface area contributed by atoms with E-state index >= 15 is 0 Å². The number of para-hydroxylation sites is 1. The third kappa shape index (κ3) is 3.81. The lowest BCUT2D eigenvalue weighted by Gasteiger charge is -2.03. The van der Waals surface area contributed by atoms with E-state index in [0.29, 0.717) is 18.8 Å². The van der Waals surface area contributed by atoms with Gasteiger partial charge in [0, 0.05) is 22.6 Å². The molecule has 0 amide bonds. The summed E-state index contributed by atoms with van der Waals surface area (Å²) in [5.41, 5.74) is 0.764. The van der Waals surface area contributed by atoms with Crippen molar-refractivity contribution in [2.45, 2.75) is 11.4 Å². The summed E-state index contributed by atoms with van der Waals surface area (Å²) < 4.78 is 23.2. The maximum Gasteiger partial charge on any atom is 0.176 e. The van der Waals surface area contributed by atoms with Crippen molar-refractivity contribution in [1.82, 2.24) is 5.32 Å². The van der Waals surface area contributed by atoms with E-state index in [1.165, 1.54) is 0 Å². The molecule has 0 saturated carbocycles. The van der Waals surface area contributed by atoms with Crippen LogP contribution in [0.5, 0.6) is 5.75 Å². The SMILES string of the molecule is COc1cccc2cc(CNCC[S@](=O)c3ccccc3)oc12. The zero-order valence-electron chi connectivity index (χ0n) is 13.0. The molecule has 0 aliphatic rings. The van der Waals surface area contributed by atoms with Crippen molar-refractivity contribution in [3.8, 4) is 5.75 Å². The van der Waals surface area contributed by atoms with Crippen molar-refractivity contribution in [1.29, 1.82) is 0 Å². The van der Waals surface area contributed by atoms with E-state index in [9.17, 15) is 4.21 Å². The monoisotopic (exact) mass is 329 g/mol. The first-order valence-electron chi connectivity index (χ1n) is 7.47. The van der Waals surface area contributed by atoms with Crippen molar-refractivity contribution >= 4 is 21.8 Å². The lowest BCUT2D eigenvalue weighted by atomic mass is 10.2. The molecule has 0 bridgehead atoms. The molecule has 3 aromatic rings. The topological polar surface area (TPSA) is 51.5 Å². The average Bonchev–Trinajstić information content (AvgIpc) is 3.02. The van der Waals surface area contributed by atoms with Crippen molar-refractivity contribution in [3.63, 3.8) is 0 Å². The molecule has 0 saturated heterocycles. The summed E-state index contributed by atoms with van der Waals surface area (Å²) in [7, 11) is 0.659. The molecule has 5 heteroatoms. The lowest BCUT2D eigenvalue weighted by Crippen LogP contribution is -2.19. The third-order valence-electron chi connectivity index (χ3n) is 3.55. The molecule has 3 rings (SSSR count). The van der Waals surface area contributed by atoms with Gasteiger partial charge in [-0.3, -0.25) is 4.21 Å². The van der Waals surface area contributed by atoms with E-state index in [2.05, 4.69) is 5.32 Å². The van der Waals surface area contributed by atoms with Crippen LogP contribution in [0.4, 0.5) is 0 Å². The van der Waals surface area contributed by atoms with Gasteiger partial charge in [-0.25, -0.2) is 0 Å². The van der Waals surface area contributed by atoms with Gasteiger partial charge in [-0.2, -0.15) is 0 Å². The van der Waals surface area contributed by atoms with Crippen LogP contribution < -0.4 is 10.1 Å². The number of fused-ring (bicyclic) bond motifs is 1. The van der Waals surface area contributed by atoms with Crippen LogP contribution >= 0.6 is 0 Å². The van der Waals surface area contributed by atoms with Crippen LogP contribution in [0, 0.1) is 0 Å². The number of benzene rings is 2. The Kier molecular flexibility index (Phi) is 5.10. The highest BCUT2D eigenvalue weighted by Crippen LogP contribution is 2.28. The summed E-state index contributed by atoms with van der Waals surface area (Å²) in [6.07, 6.45) is 0. The Labute approximate surface area is 137 Å². The molecule has 23 heavy (non-hydrogen) atoms. The number of hydrogen-bond acceptors (Lipinski definition) is 4. The number of methoxy groups -OCH3 is 1. The van der Waals surface area contributed by atoms with Gasteiger partial charge in [-0.05, 0) is 24.3 Å². The standard InChI is InChI=1S/C18H19NO3S/c1-21-17-9-5-6-14-12-15(22-18(14)17)13-19-10-11-23(20)16-7-3-2-4-8-16/h2-9,12,19H,10-11,13H2,1H3/t23-/m0/s1. The fraction of sp³-hybridized carbons (Fsp3) is 0.222. The Morgan fingerprint density at radius 3 is 2.74 bits per heavy atom. The Bertz CT molecular complexity index is 798. The molecule has 0 unspecified atom stereocenters. The summed E-state index contributed by atoms with van der Waals surface area (Å²) in [4.78, 5) is 0.864. The van der Waals surface area contributed by atoms with Gasteiger partial charge >= 0.3 is 0 Å².